The SMILES string of the molecule is O=C(CCc1ccc(NC(=O)N2CCCC(CO)C2)cc1)NC1CC1. The third-order valence-electron chi connectivity index (χ3n) is 4.85. The lowest BCUT2D eigenvalue weighted by Crippen LogP contribution is -2.43. The van der Waals surface area contributed by atoms with Crippen molar-refractivity contribution in [2.24, 2.45) is 5.92 Å². The van der Waals surface area contributed by atoms with Gasteiger partial charge in [-0.25, -0.2) is 4.79 Å². The molecule has 136 valence electrons. The first-order valence-corrected chi connectivity index (χ1v) is 9.19. The smallest absolute Gasteiger partial charge is 0.321 e. The lowest BCUT2D eigenvalue weighted by molar-refractivity contribution is -0.121. The number of hydrogen-bond acceptors (Lipinski definition) is 3. The number of aryl methyl sites for hydroxylation is 1. The molecule has 0 radical (unpaired) electrons. The van der Waals surface area contributed by atoms with Crippen LogP contribution in [0.4, 0.5) is 10.5 Å². The fourth-order valence-electron chi connectivity index (χ4n) is 3.14. The van der Waals surface area contributed by atoms with E-state index in [2.05, 4.69) is 10.6 Å². The average Bonchev–Trinajstić information content (AvgIpc) is 3.45. The summed E-state index contributed by atoms with van der Waals surface area (Å²) in [6, 6.07) is 7.94. The number of likely N-dealkylation sites (tertiary alicyclic amines) is 1. The van der Waals surface area contributed by atoms with Crippen molar-refractivity contribution in [2.45, 2.75) is 44.6 Å². The first-order chi connectivity index (χ1) is 12.1. The van der Waals surface area contributed by atoms with Gasteiger partial charge in [0.1, 0.15) is 0 Å². The molecule has 1 aliphatic carbocycles. The Morgan fingerprint density at radius 1 is 1.16 bits per heavy atom. The molecule has 1 unspecified atom stereocenters. The van der Waals surface area contributed by atoms with E-state index in [0.29, 0.717) is 25.4 Å². The molecule has 1 heterocycles. The van der Waals surface area contributed by atoms with Gasteiger partial charge >= 0.3 is 6.03 Å². The number of rotatable bonds is 6. The second-order valence-electron chi connectivity index (χ2n) is 7.11. The van der Waals surface area contributed by atoms with Crippen LogP contribution in [0.15, 0.2) is 24.3 Å². The molecule has 1 saturated heterocycles. The van der Waals surface area contributed by atoms with E-state index in [1.807, 2.05) is 24.3 Å². The van der Waals surface area contributed by atoms with Crippen LogP contribution in [-0.4, -0.2) is 47.7 Å². The van der Waals surface area contributed by atoms with Crippen molar-refractivity contribution in [3.63, 3.8) is 0 Å². The average molecular weight is 345 g/mol. The van der Waals surface area contributed by atoms with Crippen molar-refractivity contribution in [2.75, 3.05) is 25.0 Å². The van der Waals surface area contributed by atoms with Crippen LogP contribution in [-0.2, 0) is 11.2 Å². The highest BCUT2D eigenvalue weighted by molar-refractivity contribution is 5.89. The number of benzene rings is 1. The number of aliphatic hydroxyl groups excluding tert-OH is 1. The van der Waals surface area contributed by atoms with Gasteiger partial charge in [-0.1, -0.05) is 12.1 Å². The van der Waals surface area contributed by atoms with Gasteiger partial charge in [0.2, 0.25) is 5.91 Å². The second-order valence-corrected chi connectivity index (χ2v) is 7.11. The van der Waals surface area contributed by atoms with Gasteiger partial charge in [0, 0.05) is 37.8 Å². The summed E-state index contributed by atoms with van der Waals surface area (Å²) in [5, 5.41) is 15.2. The fourth-order valence-corrected chi connectivity index (χ4v) is 3.14. The van der Waals surface area contributed by atoms with E-state index in [4.69, 9.17) is 0 Å². The summed E-state index contributed by atoms with van der Waals surface area (Å²) in [5.74, 6) is 0.298. The monoisotopic (exact) mass is 345 g/mol. The van der Waals surface area contributed by atoms with Crippen LogP contribution < -0.4 is 10.6 Å². The van der Waals surface area contributed by atoms with E-state index in [9.17, 15) is 14.7 Å². The second kappa shape index (κ2) is 8.34. The molecule has 6 heteroatoms. The molecule has 3 N–H and O–H groups in total. The van der Waals surface area contributed by atoms with Crippen molar-refractivity contribution >= 4 is 17.6 Å². The van der Waals surface area contributed by atoms with Gasteiger partial charge in [-0.2, -0.15) is 0 Å². The molecule has 3 rings (SSSR count). The number of carbonyl (C=O) groups excluding carboxylic acids is 2. The highest BCUT2D eigenvalue weighted by Gasteiger charge is 2.23. The molecule has 2 aliphatic rings. The maximum atomic E-state index is 12.3. The lowest BCUT2D eigenvalue weighted by Gasteiger charge is -2.31. The molecule has 1 aromatic carbocycles. The summed E-state index contributed by atoms with van der Waals surface area (Å²) in [4.78, 5) is 25.8. The van der Waals surface area contributed by atoms with Gasteiger partial charge in [-0.15, -0.1) is 0 Å². The minimum Gasteiger partial charge on any atom is -0.396 e. The summed E-state index contributed by atoms with van der Waals surface area (Å²) in [7, 11) is 0. The Morgan fingerprint density at radius 2 is 1.92 bits per heavy atom. The first kappa shape index (κ1) is 17.7. The molecule has 2 fully saturated rings. The minimum absolute atomic E-state index is 0.114. The Bertz CT molecular complexity index is 598. The van der Waals surface area contributed by atoms with Crippen LogP contribution in [0.2, 0.25) is 0 Å². The molecule has 0 aromatic heterocycles. The maximum absolute atomic E-state index is 12.3. The summed E-state index contributed by atoms with van der Waals surface area (Å²) in [5.41, 5.74) is 1.84. The van der Waals surface area contributed by atoms with E-state index in [-0.39, 0.29) is 24.5 Å². The highest BCUT2D eigenvalue weighted by Crippen LogP contribution is 2.19. The maximum Gasteiger partial charge on any atom is 0.321 e. The van der Waals surface area contributed by atoms with E-state index in [1.54, 1.807) is 4.90 Å². The van der Waals surface area contributed by atoms with E-state index >= 15 is 0 Å². The number of urea groups is 1. The molecule has 3 amide bonds. The third-order valence-corrected chi connectivity index (χ3v) is 4.85. The molecule has 0 spiro atoms. The summed E-state index contributed by atoms with van der Waals surface area (Å²) in [6.45, 7) is 1.47. The van der Waals surface area contributed by atoms with Crippen molar-refractivity contribution in [1.29, 1.82) is 0 Å². The van der Waals surface area contributed by atoms with Gasteiger partial charge in [0.25, 0.3) is 0 Å². The number of carbonyl (C=O) groups is 2. The number of hydrogen-bond donors (Lipinski definition) is 3. The van der Waals surface area contributed by atoms with Crippen LogP contribution in [0.25, 0.3) is 0 Å². The van der Waals surface area contributed by atoms with E-state index < -0.39 is 0 Å². The number of nitrogens with one attached hydrogen (secondary N) is 2. The van der Waals surface area contributed by atoms with Gasteiger partial charge in [0.05, 0.1) is 0 Å². The molecule has 1 aliphatic heterocycles. The predicted molar refractivity (Wildman–Crippen MR) is 96.3 cm³/mol. The number of piperidine rings is 1. The Hall–Kier alpha value is -2.08. The molecule has 1 aromatic rings. The van der Waals surface area contributed by atoms with Crippen LogP contribution in [0, 0.1) is 5.92 Å². The summed E-state index contributed by atoms with van der Waals surface area (Å²) >= 11 is 0. The van der Waals surface area contributed by atoms with Crippen LogP contribution in [0.1, 0.15) is 37.7 Å². The van der Waals surface area contributed by atoms with Crippen LogP contribution in [0.3, 0.4) is 0 Å². The molecule has 1 atom stereocenters. The molecule has 25 heavy (non-hydrogen) atoms. The number of anilines is 1. The fraction of sp³-hybridized carbons (Fsp3) is 0.579. The zero-order chi connectivity index (χ0) is 17.6. The molecule has 0 bridgehead atoms. The summed E-state index contributed by atoms with van der Waals surface area (Å²) < 4.78 is 0. The normalized spacial score (nSPS) is 20.2. The lowest BCUT2D eigenvalue weighted by atomic mass is 9.99. The Balaban J connectivity index is 1.45. The zero-order valence-electron chi connectivity index (χ0n) is 14.5. The van der Waals surface area contributed by atoms with Crippen molar-refractivity contribution in [3.05, 3.63) is 29.8 Å². The van der Waals surface area contributed by atoms with Gasteiger partial charge in [-0.3, -0.25) is 4.79 Å². The topological polar surface area (TPSA) is 81.7 Å². The number of nitrogens with zero attached hydrogens (tertiary/aromatic N) is 1. The van der Waals surface area contributed by atoms with Crippen molar-refractivity contribution in [1.82, 2.24) is 10.2 Å². The van der Waals surface area contributed by atoms with Gasteiger partial charge < -0.3 is 20.6 Å². The Kier molecular flexibility index (Phi) is 5.91. The van der Waals surface area contributed by atoms with Crippen molar-refractivity contribution in [3.8, 4) is 0 Å². The highest BCUT2D eigenvalue weighted by atomic mass is 16.3. The van der Waals surface area contributed by atoms with Gasteiger partial charge in [-0.05, 0) is 55.7 Å². The Labute approximate surface area is 148 Å². The molecular weight excluding hydrogens is 318 g/mol. The molecule has 6 nitrogen and oxygen atoms in total. The summed E-state index contributed by atoms with van der Waals surface area (Å²) in [6.07, 6.45) is 5.33. The first-order valence-electron chi connectivity index (χ1n) is 9.19. The Morgan fingerprint density at radius 3 is 2.60 bits per heavy atom. The number of aliphatic hydroxyl groups is 1. The quantitative estimate of drug-likeness (QED) is 0.739. The van der Waals surface area contributed by atoms with Crippen LogP contribution in [0.5, 0.6) is 0 Å². The standard InChI is InChI=1S/C19H27N3O3/c23-13-15-2-1-11-22(12-15)19(25)21-17-6-3-14(4-7-17)5-10-18(24)20-16-8-9-16/h3-4,6-7,15-16,23H,1-2,5,8-13H2,(H,20,24)(H,21,25). The van der Waals surface area contributed by atoms with E-state index in [1.165, 1.54) is 0 Å². The predicted octanol–water partition coefficient (Wildman–Crippen LogP) is 2.13. The zero-order valence-corrected chi connectivity index (χ0v) is 14.5. The molecular formula is C19H27N3O3. The van der Waals surface area contributed by atoms with E-state index in [0.717, 1.165) is 43.5 Å². The number of amides is 3. The van der Waals surface area contributed by atoms with Crippen LogP contribution >= 0.6 is 0 Å². The minimum atomic E-state index is -0.116. The molecule has 1 saturated carbocycles. The largest absolute Gasteiger partial charge is 0.396 e. The third kappa shape index (κ3) is 5.46. The van der Waals surface area contributed by atoms with Crippen molar-refractivity contribution < 1.29 is 14.7 Å². The van der Waals surface area contributed by atoms with Gasteiger partial charge in [0.15, 0.2) is 0 Å².